The van der Waals surface area contributed by atoms with E-state index >= 15 is 0 Å². The fraction of sp³-hybridized carbons (Fsp3) is 0.385. The van der Waals surface area contributed by atoms with E-state index in [2.05, 4.69) is 11.4 Å². The molecule has 0 unspecified atom stereocenters. The first-order valence-corrected chi connectivity index (χ1v) is 6.31. The Balaban J connectivity index is 2.39. The zero-order chi connectivity index (χ0) is 14.3. The first-order chi connectivity index (χ1) is 9.02. The molecule has 1 amide bonds. The molecule has 1 rings (SSSR count). The maximum atomic E-state index is 11.7. The van der Waals surface area contributed by atoms with Gasteiger partial charge in [0, 0.05) is 31.6 Å². The van der Waals surface area contributed by atoms with Crippen molar-refractivity contribution in [2.75, 3.05) is 31.2 Å². The molecule has 0 aromatic heterocycles. The summed E-state index contributed by atoms with van der Waals surface area (Å²) in [6, 6.07) is 7.04. The van der Waals surface area contributed by atoms with Crippen LogP contribution in [0.4, 0.5) is 11.4 Å². The molecule has 0 bridgehead atoms. The third-order valence-electron chi connectivity index (χ3n) is 2.61. The van der Waals surface area contributed by atoms with Gasteiger partial charge in [-0.25, -0.2) is 0 Å². The Morgan fingerprint density at radius 1 is 1.53 bits per heavy atom. The lowest BCUT2D eigenvalue weighted by molar-refractivity contribution is -0.116. The van der Waals surface area contributed by atoms with E-state index < -0.39 is 0 Å². The lowest BCUT2D eigenvalue weighted by Crippen LogP contribution is -2.25. The van der Waals surface area contributed by atoms with Crippen molar-refractivity contribution in [1.82, 2.24) is 4.90 Å². The van der Waals surface area contributed by atoms with Crippen molar-refractivity contribution in [2.45, 2.75) is 12.8 Å². The van der Waals surface area contributed by atoms with Crippen LogP contribution in [0.2, 0.25) is 5.02 Å². The van der Waals surface area contributed by atoms with Crippen LogP contribution in [0.3, 0.4) is 0 Å². The predicted octanol–water partition coefficient (Wildman–Crippen LogP) is 2.10. The Kier molecular flexibility index (Phi) is 6.13. The van der Waals surface area contributed by atoms with Gasteiger partial charge in [0.25, 0.3) is 0 Å². The molecule has 19 heavy (non-hydrogen) atoms. The molecular weight excluding hydrogens is 264 g/mol. The maximum Gasteiger partial charge on any atom is 0.225 e. The highest BCUT2D eigenvalue weighted by Crippen LogP contribution is 2.22. The fourth-order valence-corrected chi connectivity index (χ4v) is 1.61. The maximum absolute atomic E-state index is 11.7. The highest BCUT2D eigenvalue weighted by atomic mass is 35.5. The number of rotatable bonds is 6. The predicted molar refractivity (Wildman–Crippen MR) is 76.8 cm³/mol. The molecule has 0 spiro atoms. The van der Waals surface area contributed by atoms with E-state index in [4.69, 9.17) is 22.6 Å². The second kappa shape index (κ2) is 7.62. The number of halogens is 1. The highest BCUT2D eigenvalue weighted by molar-refractivity contribution is 6.33. The van der Waals surface area contributed by atoms with E-state index in [1.807, 2.05) is 11.9 Å². The van der Waals surface area contributed by atoms with Crippen molar-refractivity contribution in [1.29, 1.82) is 5.26 Å². The van der Waals surface area contributed by atoms with Gasteiger partial charge in [0.05, 0.1) is 16.8 Å². The van der Waals surface area contributed by atoms with E-state index in [0.717, 1.165) is 0 Å². The van der Waals surface area contributed by atoms with Gasteiger partial charge in [0.1, 0.15) is 0 Å². The summed E-state index contributed by atoms with van der Waals surface area (Å²) >= 11 is 5.80. The van der Waals surface area contributed by atoms with Gasteiger partial charge in [-0.2, -0.15) is 5.26 Å². The number of carbonyl (C=O) groups is 1. The van der Waals surface area contributed by atoms with Crippen LogP contribution in [-0.2, 0) is 4.79 Å². The van der Waals surface area contributed by atoms with Gasteiger partial charge in [-0.15, -0.1) is 0 Å². The minimum atomic E-state index is -0.0921. The van der Waals surface area contributed by atoms with E-state index in [1.54, 1.807) is 18.2 Å². The number of nitrogens with zero attached hydrogens (tertiary/aromatic N) is 2. The van der Waals surface area contributed by atoms with E-state index in [9.17, 15) is 4.79 Å². The molecule has 102 valence electrons. The molecule has 3 N–H and O–H groups in total. The summed E-state index contributed by atoms with van der Waals surface area (Å²) < 4.78 is 0. The molecule has 0 fully saturated rings. The average molecular weight is 281 g/mol. The molecule has 6 heteroatoms. The lowest BCUT2D eigenvalue weighted by atomic mass is 10.2. The van der Waals surface area contributed by atoms with Crippen LogP contribution in [0, 0.1) is 11.3 Å². The number of benzene rings is 1. The van der Waals surface area contributed by atoms with Crippen LogP contribution in [0.1, 0.15) is 12.8 Å². The van der Waals surface area contributed by atoms with Crippen molar-refractivity contribution in [3.63, 3.8) is 0 Å². The minimum absolute atomic E-state index is 0.0921. The molecule has 0 saturated carbocycles. The summed E-state index contributed by atoms with van der Waals surface area (Å²) in [5, 5.41) is 11.7. The number of hydrogen-bond acceptors (Lipinski definition) is 4. The molecule has 5 nitrogen and oxygen atoms in total. The first-order valence-electron chi connectivity index (χ1n) is 5.93. The fourth-order valence-electron chi connectivity index (χ4n) is 1.49. The van der Waals surface area contributed by atoms with Crippen LogP contribution in [-0.4, -0.2) is 30.9 Å². The normalized spacial score (nSPS) is 10.2. The number of nitrogens with two attached hydrogens (primary N) is 1. The quantitative estimate of drug-likeness (QED) is 0.782. The standard InChI is InChI=1S/C13H17ClN4O/c1-18(7-2-6-15)8-5-13(19)17-10-3-4-11(14)12(16)9-10/h3-4,9H,2,5,7-8,16H2,1H3,(H,17,19). The summed E-state index contributed by atoms with van der Waals surface area (Å²) in [7, 11) is 1.88. The van der Waals surface area contributed by atoms with Gasteiger partial charge in [0.15, 0.2) is 0 Å². The van der Waals surface area contributed by atoms with Gasteiger partial charge < -0.3 is 16.0 Å². The summed E-state index contributed by atoms with van der Waals surface area (Å²) in [4.78, 5) is 13.7. The number of anilines is 2. The number of carbonyl (C=O) groups excluding carboxylic acids is 1. The second-order valence-corrected chi connectivity index (χ2v) is 4.65. The van der Waals surface area contributed by atoms with Gasteiger partial charge in [-0.3, -0.25) is 4.79 Å². The van der Waals surface area contributed by atoms with E-state index in [-0.39, 0.29) is 5.91 Å². The van der Waals surface area contributed by atoms with Gasteiger partial charge in [-0.1, -0.05) is 11.6 Å². The van der Waals surface area contributed by atoms with E-state index in [0.29, 0.717) is 42.3 Å². The van der Waals surface area contributed by atoms with Crippen molar-refractivity contribution >= 4 is 28.9 Å². The van der Waals surface area contributed by atoms with Crippen molar-refractivity contribution < 1.29 is 4.79 Å². The van der Waals surface area contributed by atoms with Crippen LogP contribution in [0.15, 0.2) is 18.2 Å². The Labute approximate surface area is 117 Å². The molecule has 0 aliphatic carbocycles. The Morgan fingerprint density at radius 3 is 2.89 bits per heavy atom. The largest absolute Gasteiger partial charge is 0.397 e. The van der Waals surface area contributed by atoms with Crippen LogP contribution < -0.4 is 11.1 Å². The minimum Gasteiger partial charge on any atom is -0.397 e. The number of amides is 1. The molecule has 0 saturated heterocycles. The molecular formula is C13H17ClN4O. The van der Waals surface area contributed by atoms with Gasteiger partial charge in [-0.05, 0) is 25.2 Å². The first kappa shape index (κ1) is 15.3. The summed E-state index contributed by atoms with van der Waals surface area (Å²) in [5.74, 6) is -0.0921. The number of nitrogens with one attached hydrogen (secondary N) is 1. The molecule has 1 aromatic carbocycles. The zero-order valence-corrected chi connectivity index (χ0v) is 11.6. The molecule has 1 aromatic rings. The Morgan fingerprint density at radius 2 is 2.26 bits per heavy atom. The van der Waals surface area contributed by atoms with Gasteiger partial charge >= 0.3 is 0 Å². The SMILES string of the molecule is CN(CCC#N)CCC(=O)Nc1ccc(Cl)c(N)c1. The molecule has 0 aliphatic rings. The molecule has 0 aliphatic heterocycles. The smallest absolute Gasteiger partial charge is 0.225 e. The third kappa shape index (κ3) is 5.60. The zero-order valence-electron chi connectivity index (χ0n) is 10.8. The second-order valence-electron chi connectivity index (χ2n) is 4.25. The number of nitrogen functional groups attached to an aromatic ring is 1. The van der Waals surface area contributed by atoms with Crippen molar-refractivity contribution in [3.8, 4) is 6.07 Å². The summed E-state index contributed by atoms with van der Waals surface area (Å²) in [6.07, 6.45) is 0.830. The van der Waals surface area contributed by atoms with Crippen molar-refractivity contribution in [2.24, 2.45) is 0 Å². The molecule has 0 radical (unpaired) electrons. The van der Waals surface area contributed by atoms with Crippen LogP contribution >= 0.6 is 11.6 Å². The van der Waals surface area contributed by atoms with E-state index in [1.165, 1.54) is 0 Å². The number of hydrogen-bond donors (Lipinski definition) is 2. The average Bonchev–Trinajstić information content (AvgIpc) is 2.38. The third-order valence-corrected chi connectivity index (χ3v) is 2.95. The Bertz CT molecular complexity index is 484. The topological polar surface area (TPSA) is 82.2 Å². The highest BCUT2D eigenvalue weighted by Gasteiger charge is 2.06. The van der Waals surface area contributed by atoms with Crippen LogP contribution in [0.25, 0.3) is 0 Å². The molecule has 0 atom stereocenters. The van der Waals surface area contributed by atoms with Crippen molar-refractivity contribution in [3.05, 3.63) is 23.2 Å². The monoisotopic (exact) mass is 280 g/mol. The number of nitriles is 1. The molecule has 0 heterocycles. The summed E-state index contributed by atoms with van der Waals surface area (Å²) in [6.45, 7) is 1.27. The Hall–Kier alpha value is -1.77. The lowest BCUT2D eigenvalue weighted by Gasteiger charge is -2.14. The van der Waals surface area contributed by atoms with Gasteiger partial charge in [0.2, 0.25) is 5.91 Å². The van der Waals surface area contributed by atoms with Crippen LogP contribution in [0.5, 0.6) is 0 Å². The summed E-state index contributed by atoms with van der Waals surface area (Å²) in [5.41, 5.74) is 6.72.